The third-order valence-corrected chi connectivity index (χ3v) is 3.38. The summed E-state index contributed by atoms with van der Waals surface area (Å²) >= 11 is 5.80. The summed E-state index contributed by atoms with van der Waals surface area (Å²) in [5.41, 5.74) is -2.14. The van der Waals surface area contributed by atoms with Gasteiger partial charge in [-0.2, -0.15) is 13.2 Å². The Morgan fingerprint density at radius 2 is 1.96 bits per heavy atom. The van der Waals surface area contributed by atoms with Crippen LogP contribution in [0.2, 0.25) is 5.02 Å². The summed E-state index contributed by atoms with van der Waals surface area (Å²) in [6.45, 7) is -0.684. The third-order valence-electron chi connectivity index (χ3n) is 3.06. The molecule has 1 N–H and O–H groups in total. The first-order valence-corrected chi connectivity index (χ1v) is 6.97. The van der Waals surface area contributed by atoms with Crippen LogP contribution < -0.4 is 10.9 Å². The van der Waals surface area contributed by atoms with Crippen LogP contribution >= 0.6 is 11.6 Å². The second-order valence-corrected chi connectivity index (χ2v) is 5.26. The number of nitro groups is 1. The van der Waals surface area contributed by atoms with Crippen molar-refractivity contribution in [1.29, 1.82) is 0 Å². The molecule has 0 unspecified atom stereocenters. The highest BCUT2D eigenvalue weighted by atomic mass is 35.5. The fraction of sp³-hybridized carbons (Fsp3) is 0.143. The number of non-ortho nitro benzene ring substituents is 1. The van der Waals surface area contributed by atoms with E-state index in [-0.39, 0.29) is 16.4 Å². The first kappa shape index (κ1) is 18.5. The maximum absolute atomic E-state index is 12.7. The smallest absolute Gasteiger partial charge is 0.323 e. The van der Waals surface area contributed by atoms with Gasteiger partial charge in [-0.1, -0.05) is 11.6 Å². The van der Waals surface area contributed by atoms with Gasteiger partial charge in [0.15, 0.2) is 0 Å². The van der Waals surface area contributed by atoms with Crippen molar-refractivity contribution in [2.24, 2.45) is 0 Å². The average molecular weight is 376 g/mol. The fourth-order valence-corrected chi connectivity index (χ4v) is 2.11. The lowest BCUT2D eigenvalue weighted by atomic mass is 10.2. The van der Waals surface area contributed by atoms with Crippen molar-refractivity contribution in [3.05, 3.63) is 67.6 Å². The van der Waals surface area contributed by atoms with E-state index in [2.05, 4.69) is 5.32 Å². The topological polar surface area (TPSA) is 94.2 Å². The summed E-state index contributed by atoms with van der Waals surface area (Å²) in [7, 11) is 0. The number of amides is 1. The van der Waals surface area contributed by atoms with E-state index in [1.54, 1.807) is 0 Å². The number of alkyl halides is 3. The Morgan fingerprint density at radius 3 is 2.52 bits per heavy atom. The quantitative estimate of drug-likeness (QED) is 0.656. The lowest BCUT2D eigenvalue weighted by molar-refractivity contribution is -0.384. The Morgan fingerprint density at radius 1 is 1.28 bits per heavy atom. The van der Waals surface area contributed by atoms with Crippen molar-refractivity contribution in [1.82, 2.24) is 4.57 Å². The molecule has 0 saturated carbocycles. The Hall–Kier alpha value is -2.88. The molecule has 2 aromatic rings. The van der Waals surface area contributed by atoms with Crippen LogP contribution in [0.4, 0.5) is 24.5 Å². The molecule has 0 aliphatic heterocycles. The van der Waals surface area contributed by atoms with E-state index in [1.807, 2.05) is 0 Å². The number of halogens is 4. The highest BCUT2D eigenvalue weighted by molar-refractivity contribution is 6.33. The van der Waals surface area contributed by atoms with Crippen LogP contribution in [0.15, 0.2) is 41.3 Å². The van der Waals surface area contributed by atoms with E-state index < -0.39 is 34.7 Å². The zero-order valence-corrected chi connectivity index (χ0v) is 13.0. The van der Waals surface area contributed by atoms with Crippen LogP contribution in [-0.4, -0.2) is 15.4 Å². The highest BCUT2D eigenvalue weighted by Gasteiger charge is 2.31. The summed E-state index contributed by atoms with van der Waals surface area (Å²) in [6.07, 6.45) is -4.13. The largest absolute Gasteiger partial charge is 0.417 e. The van der Waals surface area contributed by atoms with Crippen LogP contribution in [0.3, 0.4) is 0 Å². The predicted octanol–water partition coefficient (Wildman–Crippen LogP) is 3.07. The van der Waals surface area contributed by atoms with Crippen molar-refractivity contribution in [3.63, 3.8) is 0 Å². The van der Waals surface area contributed by atoms with E-state index in [0.29, 0.717) is 22.9 Å². The molecular formula is C14H9ClF3N3O4. The molecule has 25 heavy (non-hydrogen) atoms. The molecule has 1 aromatic carbocycles. The summed E-state index contributed by atoms with van der Waals surface area (Å²) in [5, 5.41) is 12.8. The average Bonchev–Trinajstić information content (AvgIpc) is 2.50. The molecule has 0 aliphatic rings. The molecular weight excluding hydrogens is 367 g/mol. The molecule has 0 fully saturated rings. The van der Waals surface area contributed by atoms with Crippen LogP contribution in [-0.2, 0) is 17.5 Å². The Balaban J connectivity index is 2.18. The van der Waals surface area contributed by atoms with Gasteiger partial charge in [0, 0.05) is 24.4 Å². The van der Waals surface area contributed by atoms with Gasteiger partial charge in [-0.3, -0.25) is 19.7 Å². The molecule has 11 heteroatoms. The summed E-state index contributed by atoms with van der Waals surface area (Å²) < 4.78 is 38.5. The van der Waals surface area contributed by atoms with Gasteiger partial charge >= 0.3 is 6.18 Å². The van der Waals surface area contributed by atoms with Crippen LogP contribution in [0.1, 0.15) is 5.56 Å². The van der Waals surface area contributed by atoms with Gasteiger partial charge in [0.1, 0.15) is 6.54 Å². The molecule has 7 nitrogen and oxygen atoms in total. The fourth-order valence-electron chi connectivity index (χ4n) is 1.89. The number of anilines is 1. The second kappa shape index (κ2) is 6.93. The molecule has 1 aromatic heterocycles. The van der Waals surface area contributed by atoms with Crippen molar-refractivity contribution in [3.8, 4) is 0 Å². The van der Waals surface area contributed by atoms with Gasteiger partial charge in [0.05, 0.1) is 21.2 Å². The molecule has 0 saturated heterocycles. The number of nitrogens with one attached hydrogen (secondary N) is 1. The lowest BCUT2D eigenvalue weighted by Crippen LogP contribution is -2.28. The number of pyridine rings is 1. The minimum absolute atomic E-state index is 0.0253. The highest BCUT2D eigenvalue weighted by Crippen LogP contribution is 2.28. The first-order valence-electron chi connectivity index (χ1n) is 6.59. The normalized spacial score (nSPS) is 11.2. The number of carbonyl (C=O) groups excluding carboxylic acids is 1. The van der Waals surface area contributed by atoms with Crippen molar-refractivity contribution >= 4 is 28.9 Å². The van der Waals surface area contributed by atoms with E-state index in [9.17, 15) is 32.9 Å². The molecule has 0 spiro atoms. The number of hydrogen-bond donors (Lipinski definition) is 1. The minimum Gasteiger partial charge on any atom is -0.323 e. The zero-order chi connectivity index (χ0) is 18.8. The zero-order valence-electron chi connectivity index (χ0n) is 12.2. The van der Waals surface area contributed by atoms with Gasteiger partial charge in [0.25, 0.3) is 11.2 Å². The Labute approximate surface area is 142 Å². The van der Waals surface area contributed by atoms with E-state index >= 15 is 0 Å². The summed E-state index contributed by atoms with van der Waals surface area (Å²) in [5.74, 6) is -0.822. The summed E-state index contributed by atoms with van der Waals surface area (Å²) in [4.78, 5) is 33.4. The monoisotopic (exact) mass is 375 g/mol. The number of nitrogens with zero attached hydrogens (tertiary/aromatic N) is 2. The number of nitro benzene ring substituents is 1. The van der Waals surface area contributed by atoms with E-state index in [0.717, 1.165) is 12.1 Å². The standard InChI is InChI=1S/C14H9ClF3N3O4/c15-10-5-9(21(24)25)2-3-11(10)19-12(22)7-20-6-8(14(16,17)18)1-4-13(20)23/h1-6H,7H2,(H,19,22). The molecule has 2 rings (SSSR count). The van der Waals surface area contributed by atoms with Crippen molar-refractivity contribution in [2.45, 2.75) is 12.7 Å². The van der Waals surface area contributed by atoms with Crippen LogP contribution in [0, 0.1) is 10.1 Å². The molecule has 0 radical (unpaired) electrons. The number of hydrogen-bond acceptors (Lipinski definition) is 4. The Kier molecular flexibility index (Phi) is 5.12. The third kappa shape index (κ3) is 4.57. The predicted molar refractivity (Wildman–Crippen MR) is 82.4 cm³/mol. The minimum atomic E-state index is -4.66. The first-order chi connectivity index (χ1) is 11.6. The Bertz CT molecular complexity index is 896. The number of aromatic nitrogens is 1. The molecule has 0 aliphatic carbocycles. The van der Waals surface area contributed by atoms with E-state index in [1.165, 1.54) is 6.07 Å². The van der Waals surface area contributed by atoms with Gasteiger partial charge in [0.2, 0.25) is 5.91 Å². The number of benzene rings is 1. The van der Waals surface area contributed by atoms with Crippen molar-refractivity contribution in [2.75, 3.05) is 5.32 Å². The molecule has 1 amide bonds. The van der Waals surface area contributed by atoms with E-state index in [4.69, 9.17) is 11.6 Å². The SMILES string of the molecule is O=C(Cn1cc(C(F)(F)F)ccc1=O)Nc1ccc([N+](=O)[O-])cc1Cl. The lowest BCUT2D eigenvalue weighted by Gasteiger charge is -2.11. The van der Waals surface area contributed by atoms with Crippen molar-refractivity contribution < 1.29 is 22.9 Å². The molecule has 1 heterocycles. The van der Waals surface area contributed by atoms with Gasteiger partial charge in [-0.05, 0) is 12.1 Å². The van der Waals surface area contributed by atoms with Gasteiger partial charge in [-0.25, -0.2) is 0 Å². The molecule has 0 atom stereocenters. The van der Waals surface area contributed by atoms with Crippen LogP contribution in [0.5, 0.6) is 0 Å². The van der Waals surface area contributed by atoms with Gasteiger partial charge < -0.3 is 9.88 Å². The maximum Gasteiger partial charge on any atom is 0.417 e. The summed E-state index contributed by atoms with van der Waals surface area (Å²) in [6, 6.07) is 4.59. The number of rotatable bonds is 4. The van der Waals surface area contributed by atoms with Gasteiger partial charge in [-0.15, -0.1) is 0 Å². The molecule has 0 bridgehead atoms. The second-order valence-electron chi connectivity index (χ2n) is 4.85. The molecule has 132 valence electrons. The van der Waals surface area contributed by atoms with Crippen LogP contribution in [0.25, 0.3) is 0 Å². The number of carbonyl (C=O) groups is 1. The maximum atomic E-state index is 12.7.